The van der Waals surface area contributed by atoms with Crippen molar-refractivity contribution in [3.63, 3.8) is 0 Å². The molecule has 0 N–H and O–H groups in total. The predicted molar refractivity (Wildman–Crippen MR) is 75.6 cm³/mol. The van der Waals surface area contributed by atoms with Gasteiger partial charge in [0, 0.05) is 5.41 Å². The summed E-state index contributed by atoms with van der Waals surface area (Å²) in [5.74, 6) is 0. The predicted octanol–water partition coefficient (Wildman–Crippen LogP) is 3.25. The van der Waals surface area contributed by atoms with Crippen LogP contribution >= 0.6 is 0 Å². The molecular weight excluding hydrogens is 258 g/mol. The van der Waals surface area contributed by atoms with E-state index in [1.54, 1.807) is 24.3 Å². The second-order valence-corrected chi connectivity index (χ2v) is 8.47. The van der Waals surface area contributed by atoms with E-state index < -0.39 is 20.6 Å². The number of nitrogens with zero attached hydrogens (tertiary/aromatic N) is 1. The summed E-state index contributed by atoms with van der Waals surface area (Å²) in [6.45, 7) is 15.1. The Kier molecular flexibility index (Phi) is 3.02. The van der Waals surface area contributed by atoms with E-state index in [0.717, 1.165) is 5.56 Å². The molecule has 1 aliphatic carbocycles. The fourth-order valence-corrected chi connectivity index (χ4v) is 4.79. The molecule has 0 saturated heterocycles. The Morgan fingerprint density at radius 2 is 1.79 bits per heavy atom. The maximum Gasteiger partial charge on any atom is 0.256 e. The lowest BCUT2D eigenvalue weighted by molar-refractivity contribution is 0.341. The zero-order chi connectivity index (χ0) is 14.5. The second kappa shape index (κ2) is 4.08. The lowest BCUT2D eigenvalue weighted by Gasteiger charge is -2.21. The van der Waals surface area contributed by atoms with E-state index in [1.807, 2.05) is 27.7 Å². The van der Waals surface area contributed by atoms with Crippen molar-refractivity contribution in [3.8, 4) is 0 Å². The third kappa shape index (κ3) is 2.06. The Morgan fingerprint density at radius 3 is 2.16 bits per heavy atom. The minimum Gasteiger partial charge on any atom is -0.308 e. The zero-order valence-electron chi connectivity index (χ0n) is 11.8. The van der Waals surface area contributed by atoms with Crippen LogP contribution in [0, 0.1) is 18.9 Å². The number of hydrogen-bond donors (Lipinski definition) is 0. The van der Waals surface area contributed by atoms with Gasteiger partial charge in [0.15, 0.2) is 15.1 Å². The van der Waals surface area contributed by atoms with Gasteiger partial charge in [-0.2, -0.15) is 0 Å². The van der Waals surface area contributed by atoms with Crippen LogP contribution in [0.5, 0.6) is 0 Å². The molecule has 0 bridgehead atoms. The first-order valence-electron chi connectivity index (χ1n) is 6.34. The van der Waals surface area contributed by atoms with E-state index in [9.17, 15) is 8.42 Å². The van der Waals surface area contributed by atoms with Gasteiger partial charge in [-0.15, -0.1) is 0 Å². The standard InChI is InChI=1S/C15H19NO2S/c1-11-6-8-12(9-7-11)19(17,18)13-10-15(13,16-5)14(2,3)4/h6-9,13H,10H2,1-4H3/t13-,15+/m1/s1. The first kappa shape index (κ1) is 14.1. The van der Waals surface area contributed by atoms with Crippen LogP contribution in [0.1, 0.15) is 32.8 Å². The van der Waals surface area contributed by atoms with Crippen molar-refractivity contribution in [2.24, 2.45) is 5.41 Å². The van der Waals surface area contributed by atoms with Crippen molar-refractivity contribution in [2.45, 2.75) is 49.8 Å². The highest BCUT2D eigenvalue weighted by Crippen LogP contribution is 2.57. The Hall–Kier alpha value is -1.34. The van der Waals surface area contributed by atoms with Gasteiger partial charge in [-0.3, -0.25) is 0 Å². The molecule has 0 heterocycles. The number of aryl methyl sites for hydroxylation is 1. The molecule has 1 saturated carbocycles. The van der Waals surface area contributed by atoms with E-state index in [0.29, 0.717) is 11.3 Å². The average Bonchev–Trinajstić information content (AvgIpc) is 3.05. The quantitative estimate of drug-likeness (QED) is 0.778. The molecule has 4 heteroatoms. The van der Waals surface area contributed by atoms with Crippen LogP contribution in [0.15, 0.2) is 29.2 Å². The normalized spacial score (nSPS) is 26.8. The summed E-state index contributed by atoms with van der Waals surface area (Å²) >= 11 is 0. The fraction of sp³-hybridized carbons (Fsp3) is 0.533. The second-order valence-electron chi connectivity index (χ2n) is 6.34. The van der Waals surface area contributed by atoms with Crippen molar-refractivity contribution in [2.75, 3.05) is 0 Å². The van der Waals surface area contributed by atoms with Gasteiger partial charge < -0.3 is 4.85 Å². The highest BCUT2D eigenvalue weighted by molar-refractivity contribution is 7.92. The minimum atomic E-state index is -3.40. The average molecular weight is 277 g/mol. The number of benzene rings is 1. The molecule has 2 atom stereocenters. The molecule has 19 heavy (non-hydrogen) atoms. The molecule has 0 amide bonds. The first-order chi connectivity index (χ1) is 8.65. The van der Waals surface area contributed by atoms with Crippen molar-refractivity contribution >= 4 is 9.84 Å². The molecule has 1 aliphatic rings. The SMILES string of the molecule is [C-]#[N+][C@@]1(C(C)(C)C)C[C@H]1S(=O)(=O)c1ccc(C)cc1. The molecule has 1 aromatic carbocycles. The summed E-state index contributed by atoms with van der Waals surface area (Å²) in [6.07, 6.45) is 0.441. The summed E-state index contributed by atoms with van der Waals surface area (Å²) < 4.78 is 25.2. The van der Waals surface area contributed by atoms with Gasteiger partial charge in [-0.05, 0) is 19.1 Å². The van der Waals surface area contributed by atoms with Gasteiger partial charge in [0.2, 0.25) is 0 Å². The van der Waals surface area contributed by atoms with Crippen LogP contribution in [-0.4, -0.2) is 19.2 Å². The Morgan fingerprint density at radius 1 is 1.26 bits per heavy atom. The molecule has 0 aromatic heterocycles. The van der Waals surface area contributed by atoms with Gasteiger partial charge in [0.25, 0.3) is 5.54 Å². The Labute approximate surface area is 115 Å². The largest absolute Gasteiger partial charge is 0.308 e. The summed E-state index contributed by atoms with van der Waals surface area (Å²) in [7, 11) is -3.40. The third-order valence-corrected chi connectivity index (χ3v) is 6.33. The minimum absolute atomic E-state index is 0.322. The van der Waals surface area contributed by atoms with E-state index in [1.165, 1.54) is 0 Å². The number of rotatable bonds is 2. The van der Waals surface area contributed by atoms with Gasteiger partial charge in [0.1, 0.15) is 0 Å². The molecule has 0 unspecified atom stereocenters. The van der Waals surface area contributed by atoms with Crippen molar-refractivity contribution in [3.05, 3.63) is 41.2 Å². The van der Waals surface area contributed by atoms with Crippen LogP contribution < -0.4 is 0 Å². The Bertz CT molecular complexity index is 632. The van der Waals surface area contributed by atoms with Crippen molar-refractivity contribution in [1.82, 2.24) is 0 Å². The zero-order valence-corrected chi connectivity index (χ0v) is 12.6. The summed E-state index contributed by atoms with van der Waals surface area (Å²) in [4.78, 5) is 4.00. The van der Waals surface area contributed by atoms with Crippen LogP contribution in [0.3, 0.4) is 0 Å². The van der Waals surface area contributed by atoms with E-state index >= 15 is 0 Å². The van der Waals surface area contributed by atoms with Gasteiger partial charge in [-0.1, -0.05) is 38.5 Å². The third-order valence-electron chi connectivity index (χ3n) is 4.09. The molecule has 0 aliphatic heterocycles. The smallest absolute Gasteiger partial charge is 0.256 e. The molecule has 0 radical (unpaired) electrons. The lowest BCUT2D eigenvalue weighted by Crippen LogP contribution is -2.31. The topological polar surface area (TPSA) is 38.5 Å². The summed E-state index contributed by atoms with van der Waals surface area (Å²) in [5, 5.41) is -0.569. The van der Waals surface area contributed by atoms with Crippen LogP contribution in [0.2, 0.25) is 0 Å². The van der Waals surface area contributed by atoms with E-state index in [2.05, 4.69) is 4.85 Å². The number of hydrogen-bond acceptors (Lipinski definition) is 2. The lowest BCUT2D eigenvalue weighted by atomic mass is 9.85. The summed E-state index contributed by atoms with van der Waals surface area (Å²) in [6, 6.07) is 6.87. The van der Waals surface area contributed by atoms with Crippen LogP contribution in [0.25, 0.3) is 4.85 Å². The molecule has 3 nitrogen and oxygen atoms in total. The van der Waals surface area contributed by atoms with Gasteiger partial charge in [-0.25, -0.2) is 15.0 Å². The highest BCUT2D eigenvalue weighted by atomic mass is 32.2. The molecule has 102 valence electrons. The molecule has 2 rings (SSSR count). The Balaban J connectivity index is 2.40. The molecule has 1 aromatic rings. The van der Waals surface area contributed by atoms with Crippen molar-refractivity contribution in [1.29, 1.82) is 0 Å². The molecule has 0 spiro atoms. The molecular formula is C15H19NO2S. The van der Waals surface area contributed by atoms with E-state index in [4.69, 9.17) is 6.57 Å². The van der Waals surface area contributed by atoms with Gasteiger partial charge in [0.05, 0.1) is 11.3 Å². The van der Waals surface area contributed by atoms with Crippen molar-refractivity contribution < 1.29 is 8.42 Å². The maximum absolute atomic E-state index is 12.6. The maximum atomic E-state index is 12.6. The van der Waals surface area contributed by atoms with Crippen LogP contribution in [0.4, 0.5) is 0 Å². The molecule has 1 fully saturated rings. The van der Waals surface area contributed by atoms with Crippen LogP contribution in [-0.2, 0) is 9.84 Å². The fourth-order valence-electron chi connectivity index (χ4n) is 2.56. The summed E-state index contributed by atoms with van der Waals surface area (Å²) in [5.41, 5.74) is -0.0597. The first-order valence-corrected chi connectivity index (χ1v) is 7.89. The number of sulfone groups is 1. The van der Waals surface area contributed by atoms with E-state index in [-0.39, 0.29) is 5.41 Å². The highest BCUT2D eigenvalue weighted by Gasteiger charge is 2.74. The monoisotopic (exact) mass is 277 g/mol. The van der Waals surface area contributed by atoms with Gasteiger partial charge >= 0.3 is 0 Å².